The molecule has 0 bridgehead atoms. The molecule has 0 aliphatic heterocycles. The van der Waals surface area contributed by atoms with Gasteiger partial charge in [0.25, 0.3) is 0 Å². The third kappa shape index (κ3) is 2.50. The number of fused-ring (bicyclic) bond motifs is 1. The van der Waals surface area contributed by atoms with Gasteiger partial charge >= 0.3 is 5.97 Å². The highest BCUT2D eigenvalue weighted by molar-refractivity contribution is 5.90. The van der Waals surface area contributed by atoms with E-state index < -0.39 is 0 Å². The number of carbonyl (C=O) groups excluding carboxylic acids is 1. The van der Waals surface area contributed by atoms with Crippen LogP contribution in [0.25, 0.3) is 10.9 Å². The Morgan fingerprint density at radius 2 is 2.05 bits per heavy atom. The standard InChI is InChI=1S/C16H19NO2/c1-11(18)19-16-13-8-4-5-9-14(13)17-15(16)10-12-6-2-3-7-12/h4-5,8-9,12,17H,2-3,6-7,10H2,1H3. The van der Waals surface area contributed by atoms with Crippen LogP contribution >= 0.6 is 0 Å². The van der Waals surface area contributed by atoms with Crippen LogP contribution in [-0.4, -0.2) is 11.0 Å². The molecule has 3 heteroatoms. The Kier molecular flexibility index (Phi) is 3.28. The van der Waals surface area contributed by atoms with Crippen molar-refractivity contribution in [1.82, 2.24) is 4.98 Å². The molecule has 1 aromatic carbocycles. The maximum Gasteiger partial charge on any atom is 0.308 e. The van der Waals surface area contributed by atoms with Crippen molar-refractivity contribution in [1.29, 1.82) is 0 Å². The van der Waals surface area contributed by atoms with E-state index in [-0.39, 0.29) is 5.97 Å². The Balaban J connectivity index is 1.98. The summed E-state index contributed by atoms with van der Waals surface area (Å²) in [5.74, 6) is 1.20. The van der Waals surface area contributed by atoms with Crippen molar-refractivity contribution in [2.45, 2.75) is 39.0 Å². The molecular weight excluding hydrogens is 238 g/mol. The molecule has 1 aromatic heterocycles. The lowest BCUT2D eigenvalue weighted by atomic mass is 10.0. The molecule has 1 aliphatic rings. The van der Waals surface area contributed by atoms with Gasteiger partial charge in [0.15, 0.2) is 5.75 Å². The number of esters is 1. The Bertz CT molecular complexity index is 594. The second-order valence-electron chi connectivity index (χ2n) is 5.43. The molecule has 0 atom stereocenters. The summed E-state index contributed by atoms with van der Waals surface area (Å²) in [6, 6.07) is 8.00. The molecule has 0 saturated heterocycles. The van der Waals surface area contributed by atoms with Gasteiger partial charge in [-0.25, -0.2) is 0 Å². The molecule has 19 heavy (non-hydrogen) atoms. The summed E-state index contributed by atoms with van der Waals surface area (Å²) in [5, 5.41) is 1.01. The van der Waals surface area contributed by atoms with Crippen LogP contribution in [0.15, 0.2) is 24.3 Å². The number of aromatic nitrogens is 1. The first-order valence-corrected chi connectivity index (χ1v) is 7.02. The predicted molar refractivity (Wildman–Crippen MR) is 75.3 cm³/mol. The van der Waals surface area contributed by atoms with Crippen molar-refractivity contribution in [2.75, 3.05) is 0 Å². The summed E-state index contributed by atoms with van der Waals surface area (Å²) in [6.45, 7) is 1.46. The molecular formula is C16H19NO2. The zero-order valence-electron chi connectivity index (χ0n) is 11.2. The number of rotatable bonds is 3. The molecule has 0 amide bonds. The zero-order chi connectivity index (χ0) is 13.2. The molecule has 100 valence electrons. The van der Waals surface area contributed by atoms with Crippen LogP contribution in [0.5, 0.6) is 5.75 Å². The van der Waals surface area contributed by atoms with E-state index in [1.165, 1.54) is 32.6 Å². The number of benzene rings is 1. The van der Waals surface area contributed by atoms with Crippen LogP contribution in [0, 0.1) is 5.92 Å². The average Bonchev–Trinajstić information content (AvgIpc) is 2.99. The highest BCUT2D eigenvalue weighted by Gasteiger charge is 2.21. The first kappa shape index (κ1) is 12.3. The Hall–Kier alpha value is -1.77. The van der Waals surface area contributed by atoms with Gasteiger partial charge in [0.05, 0.1) is 5.69 Å². The maximum atomic E-state index is 11.3. The van der Waals surface area contributed by atoms with E-state index in [2.05, 4.69) is 4.98 Å². The Morgan fingerprint density at radius 3 is 2.79 bits per heavy atom. The third-order valence-electron chi connectivity index (χ3n) is 3.94. The molecule has 0 spiro atoms. The quantitative estimate of drug-likeness (QED) is 0.849. The van der Waals surface area contributed by atoms with Crippen molar-refractivity contribution in [3.63, 3.8) is 0 Å². The van der Waals surface area contributed by atoms with Crippen LogP contribution in [0.3, 0.4) is 0 Å². The zero-order valence-corrected chi connectivity index (χ0v) is 11.2. The van der Waals surface area contributed by atoms with Gasteiger partial charge in [-0.05, 0) is 24.5 Å². The second-order valence-corrected chi connectivity index (χ2v) is 5.43. The molecule has 3 rings (SSSR count). The van der Waals surface area contributed by atoms with E-state index in [1.54, 1.807) is 0 Å². The lowest BCUT2D eigenvalue weighted by Crippen LogP contribution is -2.06. The topological polar surface area (TPSA) is 42.1 Å². The molecule has 0 unspecified atom stereocenters. The van der Waals surface area contributed by atoms with Crippen molar-refractivity contribution in [3.8, 4) is 5.75 Å². The van der Waals surface area contributed by atoms with Crippen molar-refractivity contribution >= 4 is 16.9 Å². The maximum absolute atomic E-state index is 11.3. The number of carbonyl (C=O) groups is 1. The number of H-pyrrole nitrogens is 1. The SMILES string of the molecule is CC(=O)Oc1c(CC2CCCC2)[nH]c2ccccc12. The van der Waals surface area contributed by atoms with E-state index in [0.717, 1.165) is 34.7 Å². The van der Waals surface area contributed by atoms with Gasteiger partial charge in [0.1, 0.15) is 0 Å². The van der Waals surface area contributed by atoms with Gasteiger partial charge in [-0.15, -0.1) is 0 Å². The van der Waals surface area contributed by atoms with E-state index in [9.17, 15) is 4.79 Å². The van der Waals surface area contributed by atoms with Gasteiger partial charge in [0, 0.05) is 17.8 Å². The van der Waals surface area contributed by atoms with Crippen molar-refractivity contribution in [3.05, 3.63) is 30.0 Å². The van der Waals surface area contributed by atoms with E-state index in [1.807, 2.05) is 24.3 Å². The van der Waals surface area contributed by atoms with Gasteiger partial charge < -0.3 is 9.72 Å². The molecule has 0 radical (unpaired) electrons. The van der Waals surface area contributed by atoms with Crippen molar-refractivity contribution < 1.29 is 9.53 Å². The van der Waals surface area contributed by atoms with Crippen LogP contribution < -0.4 is 4.74 Å². The fraction of sp³-hybridized carbons (Fsp3) is 0.438. The fourth-order valence-electron chi connectivity index (χ4n) is 3.08. The lowest BCUT2D eigenvalue weighted by molar-refractivity contribution is -0.131. The van der Waals surface area contributed by atoms with Crippen LogP contribution in [0.4, 0.5) is 0 Å². The average molecular weight is 257 g/mol. The summed E-state index contributed by atoms with van der Waals surface area (Å²) < 4.78 is 5.44. The molecule has 1 heterocycles. The van der Waals surface area contributed by atoms with E-state index in [0.29, 0.717) is 0 Å². The van der Waals surface area contributed by atoms with Crippen LogP contribution in [-0.2, 0) is 11.2 Å². The number of aromatic amines is 1. The fourth-order valence-corrected chi connectivity index (χ4v) is 3.08. The van der Waals surface area contributed by atoms with Crippen LogP contribution in [0.2, 0.25) is 0 Å². The first-order valence-electron chi connectivity index (χ1n) is 7.02. The van der Waals surface area contributed by atoms with E-state index in [4.69, 9.17) is 4.74 Å². The van der Waals surface area contributed by atoms with Gasteiger partial charge in [-0.3, -0.25) is 4.79 Å². The number of ether oxygens (including phenoxy) is 1. The summed E-state index contributed by atoms with van der Waals surface area (Å²) in [7, 11) is 0. The smallest absolute Gasteiger partial charge is 0.308 e. The third-order valence-corrected chi connectivity index (χ3v) is 3.94. The van der Waals surface area contributed by atoms with Gasteiger partial charge in [-0.2, -0.15) is 0 Å². The number of para-hydroxylation sites is 1. The normalized spacial score (nSPS) is 16.1. The molecule has 1 saturated carbocycles. The molecule has 1 aliphatic carbocycles. The summed E-state index contributed by atoms with van der Waals surface area (Å²) >= 11 is 0. The lowest BCUT2D eigenvalue weighted by Gasteiger charge is -2.09. The Morgan fingerprint density at radius 1 is 1.32 bits per heavy atom. The Labute approximate surface area is 113 Å². The highest BCUT2D eigenvalue weighted by Crippen LogP contribution is 2.35. The highest BCUT2D eigenvalue weighted by atomic mass is 16.5. The van der Waals surface area contributed by atoms with Crippen LogP contribution in [0.1, 0.15) is 38.3 Å². The number of hydrogen-bond acceptors (Lipinski definition) is 2. The van der Waals surface area contributed by atoms with Crippen molar-refractivity contribution in [2.24, 2.45) is 5.92 Å². The number of hydrogen-bond donors (Lipinski definition) is 1. The summed E-state index contributed by atoms with van der Waals surface area (Å²) in [5.41, 5.74) is 2.12. The largest absolute Gasteiger partial charge is 0.424 e. The number of nitrogens with one attached hydrogen (secondary N) is 1. The molecule has 2 aromatic rings. The molecule has 1 N–H and O–H groups in total. The molecule has 1 fully saturated rings. The second kappa shape index (κ2) is 5.08. The minimum atomic E-state index is -0.252. The van der Waals surface area contributed by atoms with Gasteiger partial charge in [0.2, 0.25) is 0 Å². The molecule has 3 nitrogen and oxygen atoms in total. The minimum absolute atomic E-state index is 0.252. The summed E-state index contributed by atoms with van der Waals surface area (Å²) in [4.78, 5) is 14.7. The monoisotopic (exact) mass is 257 g/mol. The minimum Gasteiger partial charge on any atom is -0.424 e. The first-order chi connectivity index (χ1) is 9.24. The van der Waals surface area contributed by atoms with E-state index >= 15 is 0 Å². The van der Waals surface area contributed by atoms with Gasteiger partial charge in [-0.1, -0.05) is 37.8 Å². The predicted octanol–water partition coefficient (Wildman–Crippen LogP) is 3.83. The summed E-state index contributed by atoms with van der Waals surface area (Å²) in [6.07, 6.45) is 6.21.